The number of aromatic hydroxyl groups is 2. The molecule has 0 aliphatic rings. The van der Waals surface area contributed by atoms with Crippen molar-refractivity contribution in [2.75, 3.05) is 7.11 Å². The second kappa shape index (κ2) is 5.09. The number of hydrogen-bond acceptors (Lipinski definition) is 4. The van der Waals surface area contributed by atoms with E-state index in [0.29, 0.717) is 22.1 Å². The molecule has 0 unspecified atom stereocenters. The first-order valence-corrected chi connectivity index (χ1v) is 6.75. The van der Waals surface area contributed by atoms with E-state index in [1.54, 1.807) is 18.2 Å². The Bertz CT molecular complexity index is 664. The molecule has 2 aromatic carbocycles. The monoisotopic (exact) mass is 324 g/mol. The maximum Gasteiger partial charge on any atom is 0.163 e. The Morgan fingerprint density at radius 2 is 2.00 bits per heavy atom. The number of carbonyl (C=O) groups excluding carboxylic acids is 1. The van der Waals surface area contributed by atoms with Crippen molar-refractivity contribution in [3.63, 3.8) is 0 Å². The van der Waals surface area contributed by atoms with Crippen LogP contribution in [0.5, 0.6) is 17.2 Å². The van der Waals surface area contributed by atoms with E-state index in [9.17, 15) is 15.0 Å². The first-order valence-electron chi connectivity index (χ1n) is 5.63. The van der Waals surface area contributed by atoms with E-state index >= 15 is 0 Å². The predicted molar refractivity (Wildman–Crippen MR) is 76.5 cm³/mol. The fourth-order valence-electron chi connectivity index (χ4n) is 2.20. The Balaban J connectivity index is 3.03. The van der Waals surface area contributed by atoms with Gasteiger partial charge in [-0.05, 0) is 13.0 Å². The van der Waals surface area contributed by atoms with Crippen LogP contribution >= 0.6 is 15.9 Å². The summed E-state index contributed by atoms with van der Waals surface area (Å²) in [7, 11) is 1.47. The van der Waals surface area contributed by atoms with Gasteiger partial charge >= 0.3 is 0 Å². The van der Waals surface area contributed by atoms with E-state index in [1.165, 1.54) is 14.0 Å². The highest BCUT2D eigenvalue weighted by Crippen LogP contribution is 2.44. The number of phenols is 2. The van der Waals surface area contributed by atoms with E-state index in [4.69, 9.17) is 4.74 Å². The molecular formula is C14H13BrO4. The summed E-state index contributed by atoms with van der Waals surface area (Å²) < 4.78 is 5.18. The number of benzene rings is 2. The number of halogens is 1. The third-order valence-corrected chi connectivity index (χ3v) is 3.61. The van der Waals surface area contributed by atoms with Crippen molar-refractivity contribution in [3.05, 3.63) is 29.3 Å². The Kier molecular flexibility index (Phi) is 3.66. The highest BCUT2D eigenvalue weighted by atomic mass is 79.9. The molecule has 2 N–H and O–H groups in total. The molecule has 0 heterocycles. The number of ketones is 1. The van der Waals surface area contributed by atoms with Crippen molar-refractivity contribution in [3.8, 4) is 17.2 Å². The summed E-state index contributed by atoms with van der Waals surface area (Å²) in [6.45, 7) is 1.35. The predicted octanol–water partition coefficient (Wildman–Crippen LogP) is 3.36. The van der Waals surface area contributed by atoms with Crippen LogP contribution in [-0.4, -0.2) is 23.1 Å². The third-order valence-electron chi connectivity index (χ3n) is 3.05. The first-order chi connectivity index (χ1) is 9.02. The molecule has 5 heteroatoms. The van der Waals surface area contributed by atoms with Gasteiger partial charge in [0.25, 0.3) is 0 Å². The summed E-state index contributed by atoms with van der Waals surface area (Å²) >= 11 is 3.23. The van der Waals surface area contributed by atoms with Crippen molar-refractivity contribution in [1.29, 1.82) is 0 Å². The van der Waals surface area contributed by atoms with Gasteiger partial charge in [0.1, 0.15) is 17.2 Å². The highest BCUT2D eigenvalue weighted by molar-refractivity contribution is 9.08. The Hall–Kier alpha value is -1.75. The van der Waals surface area contributed by atoms with Gasteiger partial charge in [0.05, 0.1) is 18.1 Å². The standard InChI is InChI=1S/C14H13BrO4/c1-7(16)11-9(6-15)13(17)8-4-3-5-10(19-2)12(8)14(11)18/h3-5,17-18H,6H2,1-2H3. The molecule has 0 aliphatic heterocycles. The van der Waals surface area contributed by atoms with Gasteiger partial charge in [-0.25, -0.2) is 0 Å². The average Bonchev–Trinajstić information content (AvgIpc) is 2.41. The molecule has 0 aromatic heterocycles. The number of methoxy groups -OCH3 is 1. The summed E-state index contributed by atoms with van der Waals surface area (Å²) in [6, 6.07) is 5.05. The Morgan fingerprint density at radius 1 is 1.32 bits per heavy atom. The molecule has 19 heavy (non-hydrogen) atoms. The molecule has 2 aromatic rings. The largest absolute Gasteiger partial charge is 0.507 e. The van der Waals surface area contributed by atoms with Crippen LogP contribution in [0.2, 0.25) is 0 Å². The minimum Gasteiger partial charge on any atom is -0.507 e. The number of carbonyl (C=O) groups is 1. The molecule has 0 atom stereocenters. The Labute approximate surface area is 118 Å². The molecule has 100 valence electrons. The van der Waals surface area contributed by atoms with Gasteiger partial charge < -0.3 is 14.9 Å². The molecule has 2 rings (SSSR count). The minimum atomic E-state index is -0.310. The van der Waals surface area contributed by atoms with Gasteiger partial charge in [-0.1, -0.05) is 28.1 Å². The summed E-state index contributed by atoms with van der Waals surface area (Å²) in [5, 5.41) is 21.7. The molecule has 4 nitrogen and oxygen atoms in total. The lowest BCUT2D eigenvalue weighted by molar-refractivity contribution is 0.101. The Morgan fingerprint density at radius 3 is 2.53 bits per heavy atom. The zero-order valence-corrected chi connectivity index (χ0v) is 12.1. The molecule has 0 amide bonds. The third kappa shape index (κ3) is 2.04. The minimum absolute atomic E-state index is 0.0197. The van der Waals surface area contributed by atoms with Crippen LogP contribution in [0.25, 0.3) is 10.8 Å². The zero-order chi connectivity index (χ0) is 14.2. The quantitative estimate of drug-likeness (QED) is 0.516. The van der Waals surface area contributed by atoms with Gasteiger partial charge in [0.15, 0.2) is 5.78 Å². The van der Waals surface area contributed by atoms with Gasteiger partial charge in [-0.3, -0.25) is 4.79 Å². The molecule has 0 fully saturated rings. The fourth-order valence-corrected chi connectivity index (χ4v) is 2.75. The molecule has 0 saturated heterocycles. The number of rotatable bonds is 3. The van der Waals surface area contributed by atoms with Crippen molar-refractivity contribution in [2.24, 2.45) is 0 Å². The lowest BCUT2D eigenvalue weighted by Gasteiger charge is -2.15. The van der Waals surface area contributed by atoms with Crippen molar-refractivity contribution < 1.29 is 19.7 Å². The number of ether oxygens (including phenoxy) is 1. The maximum atomic E-state index is 11.7. The van der Waals surface area contributed by atoms with Crippen LogP contribution in [0.1, 0.15) is 22.8 Å². The number of hydrogen-bond donors (Lipinski definition) is 2. The summed E-state index contributed by atoms with van der Waals surface area (Å²) in [6.07, 6.45) is 0. The van der Waals surface area contributed by atoms with Crippen LogP contribution in [-0.2, 0) is 5.33 Å². The van der Waals surface area contributed by atoms with Crippen LogP contribution in [0.3, 0.4) is 0 Å². The van der Waals surface area contributed by atoms with Crippen LogP contribution in [0.15, 0.2) is 18.2 Å². The van der Waals surface area contributed by atoms with Gasteiger partial charge in [-0.15, -0.1) is 0 Å². The van der Waals surface area contributed by atoms with Gasteiger partial charge in [0, 0.05) is 16.3 Å². The SMILES string of the molecule is COc1cccc2c(O)c(CBr)c(C(C)=O)c(O)c12. The maximum absolute atomic E-state index is 11.7. The van der Waals surface area contributed by atoms with E-state index in [0.717, 1.165) is 0 Å². The van der Waals surface area contributed by atoms with Crippen LogP contribution in [0, 0.1) is 0 Å². The summed E-state index contributed by atoms with van der Waals surface area (Å²) in [5.41, 5.74) is 0.497. The molecule has 0 radical (unpaired) electrons. The normalized spacial score (nSPS) is 10.7. The molecule has 0 saturated carbocycles. The van der Waals surface area contributed by atoms with Crippen LogP contribution in [0.4, 0.5) is 0 Å². The first kappa shape index (κ1) is 13.7. The van der Waals surface area contributed by atoms with Crippen molar-refractivity contribution in [2.45, 2.75) is 12.3 Å². The second-order valence-corrected chi connectivity index (χ2v) is 4.68. The fraction of sp³-hybridized carbons (Fsp3) is 0.214. The number of Topliss-reactive ketones (excluding diaryl/α,β-unsaturated/α-hetero) is 1. The molecule has 0 spiro atoms. The van der Waals surface area contributed by atoms with E-state index in [1.807, 2.05) is 0 Å². The van der Waals surface area contributed by atoms with E-state index < -0.39 is 0 Å². The van der Waals surface area contributed by atoms with E-state index in [-0.39, 0.29) is 28.2 Å². The summed E-state index contributed by atoms with van der Waals surface area (Å²) in [5.74, 6) is -0.0787. The zero-order valence-electron chi connectivity index (χ0n) is 10.5. The number of phenolic OH excluding ortho intramolecular Hbond substituents is 2. The van der Waals surface area contributed by atoms with Gasteiger partial charge in [0.2, 0.25) is 0 Å². The number of alkyl halides is 1. The summed E-state index contributed by atoms with van der Waals surface area (Å²) in [4.78, 5) is 11.7. The second-order valence-electron chi connectivity index (χ2n) is 4.12. The van der Waals surface area contributed by atoms with E-state index in [2.05, 4.69) is 15.9 Å². The van der Waals surface area contributed by atoms with Crippen LogP contribution < -0.4 is 4.74 Å². The average molecular weight is 325 g/mol. The lowest BCUT2D eigenvalue weighted by atomic mass is 9.96. The smallest absolute Gasteiger partial charge is 0.163 e. The molecule has 0 aliphatic carbocycles. The lowest BCUT2D eigenvalue weighted by Crippen LogP contribution is -2.01. The topological polar surface area (TPSA) is 66.8 Å². The van der Waals surface area contributed by atoms with Crippen molar-refractivity contribution in [1.82, 2.24) is 0 Å². The molecule has 0 bridgehead atoms. The van der Waals surface area contributed by atoms with Crippen molar-refractivity contribution >= 4 is 32.5 Å². The molecular weight excluding hydrogens is 312 g/mol. The highest BCUT2D eigenvalue weighted by Gasteiger charge is 2.22. The van der Waals surface area contributed by atoms with Gasteiger partial charge in [-0.2, -0.15) is 0 Å². The number of fused-ring (bicyclic) bond motifs is 1.